The third kappa shape index (κ3) is 2.38. The third-order valence-electron chi connectivity index (χ3n) is 2.80. The summed E-state index contributed by atoms with van der Waals surface area (Å²) in [6.45, 7) is 3.27. The molecule has 0 aliphatic heterocycles. The Morgan fingerprint density at radius 3 is 2.58 bits per heavy atom. The minimum absolute atomic E-state index is 0.144. The van der Waals surface area contributed by atoms with Gasteiger partial charge in [-0.1, -0.05) is 6.07 Å². The molecule has 0 saturated carbocycles. The molecule has 0 fully saturated rings. The van der Waals surface area contributed by atoms with Crippen molar-refractivity contribution in [2.24, 2.45) is 0 Å². The van der Waals surface area contributed by atoms with Gasteiger partial charge >= 0.3 is 0 Å². The average molecular weight is 259 g/mol. The summed E-state index contributed by atoms with van der Waals surface area (Å²) in [7, 11) is 0. The van der Waals surface area contributed by atoms with Crippen LogP contribution in [-0.4, -0.2) is 4.98 Å². The van der Waals surface area contributed by atoms with E-state index in [1.54, 1.807) is 13.0 Å². The largest absolute Gasteiger partial charge is 0.334 e. The van der Waals surface area contributed by atoms with Crippen molar-refractivity contribution >= 4 is 11.5 Å². The molecule has 2 aromatic rings. The van der Waals surface area contributed by atoms with Crippen LogP contribution in [0.4, 0.5) is 20.3 Å². The van der Waals surface area contributed by atoms with Gasteiger partial charge in [0.05, 0.1) is 5.56 Å². The number of aryl methyl sites for hydroxylation is 2. The fraction of sp³-hybridized carbons (Fsp3) is 0.143. The standard InChI is InChI=1S/C14H11F2N3/c1-8-5-6-18-14(10(8)7-17)19-13-11(15)4-3-9(2)12(13)16/h3-6H,1-2H3,(H,18,19). The molecule has 1 aromatic heterocycles. The van der Waals surface area contributed by atoms with Gasteiger partial charge in [0.25, 0.3) is 0 Å². The molecule has 0 spiro atoms. The molecular formula is C14H11F2N3. The molecule has 0 amide bonds. The maximum atomic E-state index is 13.9. The van der Waals surface area contributed by atoms with Gasteiger partial charge in [-0.25, -0.2) is 13.8 Å². The van der Waals surface area contributed by atoms with Gasteiger partial charge in [0.2, 0.25) is 0 Å². The number of nitrogens with one attached hydrogen (secondary N) is 1. The lowest BCUT2D eigenvalue weighted by atomic mass is 10.1. The number of benzene rings is 1. The number of pyridine rings is 1. The Labute approximate surface area is 109 Å². The summed E-state index contributed by atoms with van der Waals surface area (Å²) in [5.41, 5.74) is 0.973. The zero-order chi connectivity index (χ0) is 14.0. The second-order valence-corrected chi connectivity index (χ2v) is 4.14. The smallest absolute Gasteiger partial charge is 0.152 e. The molecule has 3 nitrogen and oxygen atoms in total. The van der Waals surface area contributed by atoms with Crippen molar-refractivity contribution in [3.05, 3.63) is 52.7 Å². The Morgan fingerprint density at radius 2 is 1.89 bits per heavy atom. The van der Waals surface area contributed by atoms with Crippen molar-refractivity contribution < 1.29 is 8.78 Å². The van der Waals surface area contributed by atoms with E-state index in [-0.39, 0.29) is 17.1 Å². The van der Waals surface area contributed by atoms with Crippen molar-refractivity contribution in [2.75, 3.05) is 5.32 Å². The number of rotatable bonds is 2. The van der Waals surface area contributed by atoms with E-state index in [0.29, 0.717) is 11.1 Å². The van der Waals surface area contributed by atoms with E-state index in [4.69, 9.17) is 5.26 Å². The van der Waals surface area contributed by atoms with Gasteiger partial charge in [-0.05, 0) is 37.1 Å². The van der Waals surface area contributed by atoms with Crippen molar-refractivity contribution in [1.29, 1.82) is 5.26 Å². The number of hydrogen-bond donors (Lipinski definition) is 1. The molecule has 0 aliphatic carbocycles. The minimum atomic E-state index is -0.727. The summed E-state index contributed by atoms with van der Waals surface area (Å²) in [5, 5.41) is 11.6. The summed E-state index contributed by atoms with van der Waals surface area (Å²) < 4.78 is 27.5. The van der Waals surface area contributed by atoms with Crippen molar-refractivity contribution in [3.8, 4) is 6.07 Å². The summed E-state index contributed by atoms with van der Waals surface area (Å²) in [6.07, 6.45) is 1.48. The lowest BCUT2D eigenvalue weighted by Crippen LogP contribution is -2.03. The van der Waals surface area contributed by atoms with E-state index in [0.717, 1.165) is 0 Å². The highest BCUT2D eigenvalue weighted by molar-refractivity contribution is 5.65. The zero-order valence-electron chi connectivity index (χ0n) is 10.5. The average Bonchev–Trinajstić information content (AvgIpc) is 2.39. The zero-order valence-corrected chi connectivity index (χ0v) is 10.5. The Morgan fingerprint density at radius 1 is 1.16 bits per heavy atom. The first-order valence-electron chi connectivity index (χ1n) is 5.62. The lowest BCUT2D eigenvalue weighted by Gasteiger charge is -2.11. The second-order valence-electron chi connectivity index (χ2n) is 4.14. The van der Waals surface area contributed by atoms with Crippen LogP contribution < -0.4 is 5.32 Å². The first-order valence-corrected chi connectivity index (χ1v) is 5.62. The molecule has 0 bridgehead atoms. The molecule has 0 radical (unpaired) electrons. The Balaban J connectivity index is 2.52. The van der Waals surface area contributed by atoms with Gasteiger partial charge in [-0.2, -0.15) is 5.26 Å². The van der Waals surface area contributed by atoms with Crippen LogP contribution in [0.3, 0.4) is 0 Å². The lowest BCUT2D eigenvalue weighted by molar-refractivity contribution is 0.584. The molecule has 1 N–H and O–H groups in total. The highest BCUT2D eigenvalue weighted by Crippen LogP contribution is 2.26. The highest BCUT2D eigenvalue weighted by Gasteiger charge is 2.14. The number of halogens is 2. The molecule has 2 rings (SSSR count). The van der Waals surface area contributed by atoms with Crippen LogP contribution >= 0.6 is 0 Å². The summed E-state index contributed by atoms with van der Waals surface area (Å²) in [6, 6.07) is 6.15. The quantitative estimate of drug-likeness (QED) is 0.896. The topological polar surface area (TPSA) is 48.7 Å². The molecule has 0 saturated heterocycles. The monoisotopic (exact) mass is 259 g/mol. The van der Waals surface area contributed by atoms with Crippen molar-refractivity contribution in [3.63, 3.8) is 0 Å². The predicted octanol–water partition coefficient (Wildman–Crippen LogP) is 3.59. The summed E-state index contributed by atoms with van der Waals surface area (Å²) in [5.74, 6) is -1.27. The number of anilines is 2. The molecule has 19 heavy (non-hydrogen) atoms. The van der Waals surface area contributed by atoms with Gasteiger partial charge in [-0.15, -0.1) is 0 Å². The van der Waals surface area contributed by atoms with Crippen LogP contribution in [0.25, 0.3) is 0 Å². The van der Waals surface area contributed by atoms with Gasteiger partial charge in [0, 0.05) is 6.20 Å². The van der Waals surface area contributed by atoms with E-state index in [1.165, 1.54) is 25.3 Å². The van der Waals surface area contributed by atoms with Crippen LogP contribution in [0.15, 0.2) is 24.4 Å². The first kappa shape index (κ1) is 13.0. The van der Waals surface area contributed by atoms with E-state index < -0.39 is 11.6 Å². The number of aromatic nitrogens is 1. The van der Waals surface area contributed by atoms with Crippen LogP contribution in [0.2, 0.25) is 0 Å². The van der Waals surface area contributed by atoms with Crippen molar-refractivity contribution in [2.45, 2.75) is 13.8 Å². The second kappa shape index (κ2) is 5.02. The molecule has 1 aromatic carbocycles. The molecule has 1 heterocycles. The maximum Gasteiger partial charge on any atom is 0.152 e. The fourth-order valence-corrected chi connectivity index (χ4v) is 1.68. The molecule has 0 unspecified atom stereocenters. The van der Waals surface area contributed by atoms with Gasteiger partial charge < -0.3 is 5.32 Å². The highest BCUT2D eigenvalue weighted by atomic mass is 19.1. The minimum Gasteiger partial charge on any atom is -0.334 e. The Bertz CT molecular complexity index is 675. The number of nitriles is 1. The van der Waals surface area contributed by atoms with Crippen LogP contribution in [0, 0.1) is 36.8 Å². The molecule has 5 heteroatoms. The SMILES string of the molecule is Cc1ccc(F)c(Nc2nccc(C)c2C#N)c1F. The van der Waals surface area contributed by atoms with Crippen LogP contribution in [0.5, 0.6) is 0 Å². The molecular weight excluding hydrogens is 248 g/mol. The predicted molar refractivity (Wildman–Crippen MR) is 68.1 cm³/mol. The first-order chi connectivity index (χ1) is 9.04. The van der Waals surface area contributed by atoms with E-state index in [2.05, 4.69) is 10.3 Å². The maximum absolute atomic E-state index is 13.9. The summed E-state index contributed by atoms with van der Waals surface area (Å²) >= 11 is 0. The third-order valence-corrected chi connectivity index (χ3v) is 2.80. The number of nitrogens with zero attached hydrogens (tertiary/aromatic N) is 2. The van der Waals surface area contributed by atoms with Crippen LogP contribution in [0.1, 0.15) is 16.7 Å². The fourth-order valence-electron chi connectivity index (χ4n) is 1.68. The molecule has 0 aliphatic rings. The number of hydrogen-bond acceptors (Lipinski definition) is 3. The molecule has 96 valence electrons. The van der Waals surface area contributed by atoms with E-state index in [1.807, 2.05) is 6.07 Å². The van der Waals surface area contributed by atoms with E-state index in [9.17, 15) is 8.78 Å². The molecule has 0 atom stereocenters. The Hall–Kier alpha value is -2.48. The van der Waals surface area contributed by atoms with Gasteiger partial charge in [0.15, 0.2) is 5.82 Å². The van der Waals surface area contributed by atoms with Gasteiger partial charge in [0.1, 0.15) is 23.4 Å². The normalized spacial score (nSPS) is 10.1. The van der Waals surface area contributed by atoms with E-state index >= 15 is 0 Å². The van der Waals surface area contributed by atoms with Gasteiger partial charge in [-0.3, -0.25) is 0 Å². The van der Waals surface area contributed by atoms with Crippen molar-refractivity contribution in [1.82, 2.24) is 4.98 Å². The summed E-state index contributed by atoms with van der Waals surface area (Å²) in [4.78, 5) is 3.95. The Kier molecular flexibility index (Phi) is 3.43. The van der Waals surface area contributed by atoms with Crippen LogP contribution in [-0.2, 0) is 0 Å².